The van der Waals surface area contributed by atoms with Crippen molar-refractivity contribution in [2.75, 3.05) is 10.2 Å². The summed E-state index contributed by atoms with van der Waals surface area (Å²) in [6.45, 7) is 0. The number of rotatable bonds is 4. The van der Waals surface area contributed by atoms with Crippen LogP contribution in [0.2, 0.25) is 0 Å². The number of fused-ring (bicyclic) bond motifs is 1. The van der Waals surface area contributed by atoms with E-state index in [4.69, 9.17) is 0 Å². The fourth-order valence-corrected chi connectivity index (χ4v) is 3.68. The Labute approximate surface area is 180 Å². The molecule has 1 heterocycles. The molecule has 5 heteroatoms. The topological polar surface area (TPSA) is 57.1 Å². The lowest BCUT2D eigenvalue weighted by molar-refractivity contribution is 0.0975. The first-order valence-corrected chi connectivity index (χ1v) is 10.1. The SMILES string of the molecule is O=C1c2ccccc2N[C@H](c2ccccc2)N1c1ccc(N=Nc2ccccc2)cc1. The summed E-state index contributed by atoms with van der Waals surface area (Å²) >= 11 is 0. The molecule has 0 saturated carbocycles. The van der Waals surface area contributed by atoms with Gasteiger partial charge in [-0.05, 0) is 54.1 Å². The van der Waals surface area contributed by atoms with Gasteiger partial charge in [0.15, 0.2) is 0 Å². The third-order valence-corrected chi connectivity index (χ3v) is 5.21. The molecule has 1 N–H and O–H groups in total. The highest BCUT2D eigenvalue weighted by Crippen LogP contribution is 2.37. The number of para-hydroxylation sites is 1. The number of carbonyl (C=O) groups is 1. The maximum Gasteiger partial charge on any atom is 0.262 e. The summed E-state index contributed by atoms with van der Waals surface area (Å²) in [6.07, 6.45) is -0.305. The van der Waals surface area contributed by atoms with Gasteiger partial charge in [-0.1, -0.05) is 60.7 Å². The number of hydrogen-bond acceptors (Lipinski definition) is 4. The van der Waals surface area contributed by atoms with E-state index >= 15 is 0 Å². The van der Waals surface area contributed by atoms with Gasteiger partial charge in [-0.15, -0.1) is 0 Å². The minimum absolute atomic E-state index is 0.0399. The molecule has 0 spiro atoms. The summed E-state index contributed by atoms with van der Waals surface area (Å²) in [5.74, 6) is -0.0399. The van der Waals surface area contributed by atoms with Crippen LogP contribution in [0.3, 0.4) is 0 Å². The summed E-state index contributed by atoms with van der Waals surface area (Å²) < 4.78 is 0. The maximum atomic E-state index is 13.4. The summed E-state index contributed by atoms with van der Waals surface area (Å²) in [7, 11) is 0. The largest absolute Gasteiger partial charge is 0.360 e. The highest BCUT2D eigenvalue weighted by molar-refractivity contribution is 6.12. The fraction of sp³-hybridized carbons (Fsp3) is 0.0385. The third kappa shape index (κ3) is 3.81. The van der Waals surface area contributed by atoms with Gasteiger partial charge >= 0.3 is 0 Å². The number of carbonyl (C=O) groups excluding carboxylic acids is 1. The molecule has 1 amide bonds. The molecule has 4 aromatic carbocycles. The number of anilines is 2. The number of nitrogens with one attached hydrogen (secondary N) is 1. The van der Waals surface area contributed by atoms with Gasteiger partial charge in [-0.3, -0.25) is 9.69 Å². The second-order valence-electron chi connectivity index (χ2n) is 7.23. The second-order valence-corrected chi connectivity index (χ2v) is 7.23. The molecule has 0 unspecified atom stereocenters. The van der Waals surface area contributed by atoms with Gasteiger partial charge in [0.25, 0.3) is 5.91 Å². The van der Waals surface area contributed by atoms with Gasteiger partial charge in [0.1, 0.15) is 6.17 Å². The van der Waals surface area contributed by atoms with Crippen LogP contribution < -0.4 is 10.2 Å². The van der Waals surface area contributed by atoms with Gasteiger partial charge in [-0.2, -0.15) is 10.2 Å². The number of nitrogens with zero attached hydrogens (tertiary/aromatic N) is 3. The minimum atomic E-state index is -0.305. The molecule has 0 fully saturated rings. The maximum absolute atomic E-state index is 13.4. The van der Waals surface area contributed by atoms with Crippen LogP contribution in [-0.4, -0.2) is 5.91 Å². The van der Waals surface area contributed by atoms with Gasteiger partial charge in [0, 0.05) is 11.4 Å². The van der Waals surface area contributed by atoms with E-state index in [2.05, 4.69) is 15.5 Å². The molecular formula is C26H20N4O. The van der Waals surface area contributed by atoms with Gasteiger partial charge in [0.05, 0.1) is 16.9 Å². The standard InChI is InChI=1S/C26H20N4O/c31-26-23-13-7-8-14-24(23)27-25(19-9-3-1-4-10-19)30(26)22-17-15-21(16-18-22)29-28-20-11-5-2-6-12-20/h1-18,25,27H/t25-/m0/s1. The summed E-state index contributed by atoms with van der Waals surface area (Å²) in [5.41, 5.74) is 4.82. The van der Waals surface area contributed by atoms with E-state index in [0.29, 0.717) is 5.56 Å². The van der Waals surface area contributed by atoms with E-state index in [1.165, 1.54) is 0 Å². The van der Waals surface area contributed by atoms with Gasteiger partial charge in [0.2, 0.25) is 0 Å². The lowest BCUT2D eigenvalue weighted by Crippen LogP contribution is -2.43. The molecule has 0 aliphatic carbocycles. The zero-order chi connectivity index (χ0) is 21.0. The first kappa shape index (κ1) is 18.8. The predicted octanol–water partition coefficient (Wildman–Crippen LogP) is 6.87. The number of amides is 1. The average Bonchev–Trinajstić information content (AvgIpc) is 2.84. The van der Waals surface area contributed by atoms with Crippen LogP contribution >= 0.6 is 0 Å². The lowest BCUT2D eigenvalue weighted by atomic mass is 10.0. The van der Waals surface area contributed by atoms with Crippen molar-refractivity contribution in [3.8, 4) is 0 Å². The smallest absolute Gasteiger partial charge is 0.262 e. The van der Waals surface area contributed by atoms with Crippen LogP contribution in [-0.2, 0) is 0 Å². The molecule has 0 radical (unpaired) electrons. The van der Waals surface area contributed by atoms with E-state index in [1.54, 1.807) is 4.90 Å². The molecule has 5 rings (SSSR count). The van der Waals surface area contributed by atoms with Crippen LogP contribution in [0.15, 0.2) is 119 Å². The molecule has 1 aliphatic rings. The summed E-state index contributed by atoms with van der Waals surface area (Å²) in [5, 5.41) is 12.1. The second kappa shape index (κ2) is 8.24. The minimum Gasteiger partial charge on any atom is -0.360 e. The highest BCUT2D eigenvalue weighted by Gasteiger charge is 2.33. The van der Waals surface area contributed by atoms with E-state index < -0.39 is 0 Å². The number of benzene rings is 4. The van der Waals surface area contributed by atoms with Crippen molar-refractivity contribution in [2.45, 2.75) is 6.17 Å². The van der Waals surface area contributed by atoms with Crippen LogP contribution in [0, 0.1) is 0 Å². The monoisotopic (exact) mass is 404 g/mol. The van der Waals surface area contributed by atoms with Crippen molar-refractivity contribution in [1.82, 2.24) is 0 Å². The van der Waals surface area contributed by atoms with Gasteiger partial charge < -0.3 is 5.32 Å². The van der Waals surface area contributed by atoms with Crippen molar-refractivity contribution in [3.63, 3.8) is 0 Å². The number of hydrogen-bond donors (Lipinski definition) is 1. The van der Waals surface area contributed by atoms with Crippen molar-refractivity contribution in [2.24, 2.45) is 10.2 Å². The molecule has 4 aromatic rings. The first-order chi connectivity index (χ1) is 15.3. The van der Waals surface area contributed by atoms with Crippen molar-refractivity contribution >= 4 is 28.7 Å². The Morgan fingerprint density at radius 3 is 1.94 bits per heavy atom. The Morgan fingerprint density at radius 2 is 1.23 bits per heavy atom. The zero-order valence-corrected chi connectivity index (χ0v) is 16.7. The Bertz CT molecular complexity index is 1220. The summed E-state index contributed by atoms with van der Waals surface area (Å²) in [4.78, 5) is 15.2. The van der Waals surface area contributed by atoms with Crippen LogP contribution in [0.25, 0.3) is 0 Å². The molecule has 5 nitrogen and oxygen atoms in total. The molecule has 0 aromatic heterocycles. The first-order valence-electron chi connectivity index (χ1n) is 10.1. The van der Waals surface area contributed by atoms with Crippen LogP contribution in [0.1, 0.15) is 22.1 Å². The average molecular weight is 404 g/mol. The van der Waals surface area contributed by atoms with Crippen molar-refractivity contribution in [1.29, 1.82) is 0 Å². The molecule has 31 heavy (non-hydrogen) atoms. The van der Waals surface area contributed by atoms with Crippen molar-refractivity contribution in [3.05, 3.63) is 120 Å². The molecule has 150 valence electrons. The molecule has 0 bridgehead atoms. The fourth-order valence-electron chi connectivity index (χ4n) is 3.68. The van der Waals surface area contributed by atoms with E-state index in [0.717, 1.165) is 28.3 Å². The predicted molar refractivity (Wildman–Crippen MR) is 123 cm³/mol. The summed E-state index contributed by atoms with van der Waals surface area (Å²) in [6, 6.07) is 34.7. The van der Waals surface area contributed by atoms with Crippen LogP contribution in [0.5, 0.6) is 0 Å². The molecule has 1 atom stereocenters. The number of azo groups is 1. The highest BCUT2D eigenvalue weighted by atomic mass is 16.2. The van der Waals surface area contributed by atoms with Crippen LogP contribution in [0.4, 0.5) is 22.7 Å². The quantitative estimate of drug-likeness (QED) is 0.377. The Hall–Kier alpha value is -4.25. The molecular weight excluding hydrogens is 384 g/mol. The zero-order valence-electron chi connectivity index (χ0n) is 16.7. The molecule has 0 saturated heterocycles. The Balaban J connectivity index is 1.49. The van der Waals surface area contributed by atoms with E-state index in [-0.39, 0.29) is 12.1 Å². The Morgan fingerprint density at radius 1 is 0.645 bits per heavy atom. The third-order valence-electron chi connectivity index (χ3n) is 5.21. The molecule has 1 aliphatic heterocycles. The van der Waals surface area contributed by atoms with E-state index in [9.17, 15) is 4.79 Å². The van der Waals surface area contributed by atoms with Gasteiger partial charge in [-0.25, -0.2) is 0 Å². The van der Waals surface area contributed by atoms with E-state index in [1.807, 2.05) is 109 Å². The normalized spacial score (nSPS) is 15.5. The lowest BCUT2D eigenvalue weighted by Gasteiger charge is -2.38. The Kier molecular flexibility index (Phi) is 4.99. The van der Waals surface area contributed by atoms with Crippen molar-refractivity contribution < 1.29 is 4.79 Å².